The number of piperidine rings is 1. The van der Waals surface area contributed by atoms with Gasteiger partial charge in [0.05, 0.1) is 0 Å². The molecule has 0 saturated carbocycles. The van der Waals surface area contributed by atoms with Crippen molar-refractivity contribution in [2.24, 2.45) is 0 Å². The minimum atomic E-state index is 0.437. The first kappa shape index (κ1) is 16.5. The molecule has 3 nitrogen and oxygen atoms in total. The summed E-state index contributed by atoms with van der Waals surface area (Å²) in [6.07, 6.45) is 3.69. The molecule has 1 aromatic carbocycles. The van der Waals surface area contributed by atoms with E-state index in [4.69, 9.17) is 0 Å². The maximum atomic E-state index is 3.49. The molecule has 1 N–H and O–H groups in total. The molecule has 21 heavy (non-hydrogen) atoms. The van der Waals surface area contributed by atoms with Crippen LogP contribution in [0.3, 0.4) is 0 Å². The Bertz CT molecular complexity index is 405. The summed E-state index contributed by atoms with van der Waals surface area (Å²) in [4.78, 5) is 4.98. The lowest BCUT2D eigenvalue weighted by molar-refractivity contribution is 0.136. The van der Waals surface area contributed by atoms with Gasteiger partial charge in [-0.15, -0.1) is 0 Å². The molecule has 0 aromatic heterocycles. The van der Waals surface area contributed by atoms with Crippen molar-refractivity contribution in [2.45, 2.75) is 38.3 Å². The molecule has 0 aliphatic carbocycles. The van der Waals surface area contributed by atoms with Crippen molar-refractivity contribution in [3.63, 3.8) is 0 Å². The zero-order valence-corrected chi connectivity index (χ0v) is 14.1. The Morgan fingerprint density at radius 3 is 2.29 bits per heavy atom. The molecule has 1 saturated heterocycles. The van der Waals surface area contributed by atoms with E-state index in [1.807, 2.05) is 0 Å². The predicted molar refractivity (Wildman–Crippen MR) is 90.8 cm³/mol. The van der Waals surface area contributed by atoms with Gasteiger partial charge in [0.2, 0.25) is 0 Å². The van der Waals surface area contributed by atoms with Gasteiger partial charge in [0.1, 0.15) is 0 Å². The number of hydrogen-bond acceptors (Lipinski definition) is 3. The average molecular weight is 289 g/mol. The van der Waals surface area contributed by atoms with E-state index in [1.165, 1.54) is 37.1 Å². The Morgan fingerprint density at radius 2 is 1.81 bits per heavy atom. The van der Waals surface area contributed by atoms with Gasteiger partial charge in [-0.1, -0.05) is 31.2 Å². The Morgan fingerprint density at radius 1 is 1.19 bits per heavy atom. The molecule has 0 spiro atoms. The Kier molecular flexibility index (Phi) is 6.22. The fourth-order valence-corrected chi connectivity index (χ4v) is 3.23. The normalized spacial score (nSPS) is 19.1. The first-order valence-electron chi connectivity index (χ1n) is 8.29. The van der Waals surface area contributed by atoms with E-state index in [1.54, 1.807) is 0 Å². The second-order valence-electron chi connectivity index (χ2n) is 6.43. The van der Waals surface area contributed by atoms with E-state index < -0.39 is 0 Å². The average Bonchev–Trinajstić information content (AvgIpc) is 2.53. The first-order valence-corrected chi connectivity index (χ1v) is 8.29. The Labute approximate surface area is 130 Å². The molecule has 1 atom stereocenters. The zero-order valence-electron chi connectivity index (χ0n) is 14.1. The third-order valence-corrected chi connectivity index (χ3v) is 4.87. The molecular weight excluding hydrogens is 258 g/mol. The van der Waals surface area contributed by atoms with Crippen LogP contribution in [-0.2, 0) is 6.42 Å². The van der Waals surface area contributed by atoms with Gasteiger partial charge in [-0.2, -0.15) is 0 Å². The third-order valence-electron chi connectivity index (χ3n) is 4.87. The van der Waals surface area contributed by atoms with Crippen molar-refractivity contribution in [2.75, 3.05) is 40.8 Å². The first-order chi connectivity index (χ1) is 10.1. The van der Waals surface area contributed by atoms with Crippen LogP contribution in [0, 0.1) is 0 Å². The van der Waals surface area contributed by atoms with Crippen molar-refractivity contribution in [3.8, 4) is 0 Å². The van der Waals surface area contributed by atoms with Crippen LogP contribution in [0.15, 0.2) is 24.3 Å². The number of rotatable bonds is 6. The van der Waals surface area contributed by atoms with Gasteiger partial charge in [0, 0.05) is 18.6 Å². The number of hydrogen-bond donors (Lipinski definition) is 1. The Balaban J connectivity index is 1.90. The van der Waals surface area contributed by atoms with E-state index in [-0.39, 0.29) is 0 Å². The number of aryl methyl sites for hydroxylation is 1. The SMILES string of the molecule is CCc1ccc(C(CN2CCC(N(C)C)CC2)NC)cc1. The van der Waals surface area contributed by atoms with E-state index in [0.29, 0.717) is 6.04 Å². The number of likely N-dealkylation sites (N-methyl/N-ethyl adjacent to an activating group) is 1. The summed E-state index contributed by atoms with van der Waals surface area (Å²) >= 11 is 0. The van der Waals surface area contributed by atoms with Crippen LogP contribution in [0.5, 0.6) is 0 Å². The zero-order chi connectivity index (χ0) is 15.2. The van der Waals surface area contributed by atoms with Crippen LogP contribution in [0.1, 0.15) is 36.9 Å². The highest BCUT2D eigenvalue weighted by Gasteiger charge is 2.22. The topological polar surface area (TPSA) is 18.5 Å². The molecule has 1 aliphatic rings. The van der Waals surface area contributed by atoms with Crippen LogP contribution in [0.4, 0.5) is 0 Å². The van der Waals surface area contributed by atoms with E-state index >= 15 is 0 Å². The smallest absolute Gasteiger partial charge is 0.0446 e. The fourth-order valence-electron chi connectivity index (χ4n) is 3.23. The second-order valence-corrected chi connectivity index (χ2v) is 6.43. The van der Waals surface area contributed by atoms with E-state index in [0.717, 1.165) is 19.0 Å². The summed E-state index contributed by atoms with van der Waals surface area (Å²) in [5.74, 6) is 0. The molecule has 1 fully saturated rings. The number of nitrogens with one attached hydrogen (secondary N) is 1. The molecule has 1 aromatic rings. The predicted octanol–water partition coefficient (Wildman–Crippen LogP) is 2.54. The molecular formula is C18H31N3. The summed E-state index contributed by atoms with van der Waals surface area (Å²) < 4.78 is 0. The van der Waals surface area contributed by atoms with Crippen molar-refractivity contribution < 1.29 is 0 Å². The second kappa shape index (κ2) is 7.92. The largest absolute Gasteiger partial charge is 0.312 e. The van der Waals surface area contributed by atoms with Crippen LogP contribution < -0.4 is 5.32 Å². The number of nitrogens with zero attached hydrogens (tertiary/aromatic N) is 2. The quantitative estimate of drug-likeness (QED) is 0.868. The van der Waals surface area contributed by atoms with Gasteiger partial charge < -0.3 is 15.1 Å². The summed E-state index contributed by atoms with van der Waals surface area (Å²) in [7, 11) is 6.48. The lowest BCUT2D eigenvalue weighted by Crippen LogP contribution is -2.44. The van der Waals surface area contributed by atoms with Crippen molar-refractivity contribution in [3.05, 3.63) is 35.4 Å². The van der Waals surface area contributed by atoms with Gasteiger partial charge in [0.25, 0.3) is 0 Å². The van der Waals surface area contributed by atoms with Gasteiger partial charge in [-0.25, -0.2) is 0 Å². The number of likely N-dealkylation sites (tertiary alicyclic amines) is 1. The summed E-state index contributed by atoms with van der Waals surface area (Å²) in [5.41, 5.74) is 2.82. The summed E-state index contributed by atoms with van der Waals surface area (Å²) in [6.45, 7) is 5.75. The highest BCUT2D eigenvalue weighted by atomic mass is 15.2. The molecule has 0 amide bonds. The molecule has 2 rings (SSSR count). The van der Waals surface area contributed by atoms with Crippen LogP contribution in [0.2, 0.25) is 0 Å². The summed E-state index contributed by atoms with van der Waals surface area (Å²) in [6, 6.07) is 10.3. The van der Waals surface area contributed by atoms with Gasteiger partial charge in [-0.05, 0) is 64.6 Å². The molecule has 3 heteroatoms. The third kappa shape index (κ3) is 4.53. The van der Waals surface area contributed by atoms with Crippen LogP contribution in [0.25, 0.3) is 0 Å². The fraction of sp³-hybridized carbons (Fsp3) is 0.667. The molecule has 0 radical (unpaired) electrons. The van der Waals surface area contributed by atoms with Crippen LogP contribution in [-0.4, -0.2) is 56.6 Å². The van der Waals surface area contributed by atoms with Crippen molar-refractivity contribution in [1.82, 2.24) is 15.1 Å². The van der Waals surface area contributed by atoms with E-state index in [2.05, 4.69) is 67.4 Å². The van der Waals surface area contributed by atoms with Crippen molar-refractivity contribution in [1.29, 1.82) is 0 Å². The Hall–Kier alpha value is -0.900. The van der Waals surface area contributed by atoms with E-state index in [9.17, 15) is 0 Å². The molecule has 0 bridgehead atoms. The van der Waals surface area contributed by atoms with Crippen LogP contribution >= 0.6 is 0 Å². The monoisotopic (exact) mass is 289 g/mol. The minimum Gasteiger partial charge on any atom is -0.312 e. The van der Waals surface area contributed by atoms with Gasteiger partial charge in [-0.3, -0.25) is 0 Å². The lowest BCUT2D eigenvalue weighted by Gasteiger charge is -2.36. The number of benzene rings is 1. The van der Waals surface area contributed by atoms with Gasteiger partial charge in [0.15, 0.2) is 0 Å². The highest BCUT2D eigenvalue weighted by Crippen LogP contribution is 2.19. The minimum absolute atomic E-state index is 0.437. The molecule has 1 aliphatic heterocycles. The van der Waals surface area contributed by atoms with Crippen molar-refractivity contribution >= 4 is 0 Å². The maximum absolute atomic E-state index is 3.49. The lowest BCUT2D eigenvalue weighted by atomic mass is 10.0. The molecule has 1 unspecified atom stereocenters. The standard InChI is InChI=1S/C18H31N3/c1-5-15-6-8-16(9-7-15)18(19-2)14-21-12-10-17(11-13-21)20(3)4/h6-9,17-19H,5,10-14H2,1-4H3. The maximum Gasteiger partial charge on any atom is 0.0446 e. The summed E-state index contributed by atoms with van der Waals surface area (Å²) in [5, 5.41) is 3.49. The molecule has 118 valence electrons. The van der Waals surface area contributed by atoms with Gasteiger partial charge >= 0.3 is 0 Å². The highest BCUT2D eigenvalue weighted by molar-refractivity contribution is 5.25. The molecule has 1 heterocycles.